The van der Waals surface area contributed by atoms with Crippen LogP contribution in [0.15, 0.2) is 36.4 Å². The van der Waals surface area contributed by atoms with Gasteiger partial charge in [0.05, 0.1) is 12.2 Å². The van der Waals surface area contributed by atoms with Crippen molar-refractivity contribution in [2.24, 2.45) is 5.92 Å². The van der Waals surface area contributed by atoms with E-state index in [1.165, 1.54) is 11.3 Å². The van der Waals surface area contributed by atoms with Gasteiger partial charge in [-0.1, -0.05) is 51.1 Å². The fourth-order valence-corrected chi connectivity index (χ4v) is 3.37. The molecule has 2 aromatic rings. The van der Waals surface area contributed by atoms with E-state index in [0.29, 0.717) is 17.2 Å². The Labute approximate surface area is 146 Å². The molecule has 4 nitrogen and oxygen atoms in total. The molecule has 0 aliphatic rings. The second-order valence-corrected chi connectivity index (χ2v) is 6.97. The van der Waals surface area contributed by atoms with Crippen molar-refractivity contribution in [3.05, 3.63) is 52.4 Å². The molecule has 1 amide bonds. The van der Waals surface area contributed by atoms with E-state index in [1.807, 2.05) is 38.1 Å². The molecule has 0 spiro atoms. The van der Waals surface area contributed by atoms with E-state index in [1.54, 1.807) is 6.92 Å². The van der Waals surface area contributed by atoms with Crippen LogP contribution in [0.3, 0.4) is 0 Å². The average molecular weight is 345 g/mol. The number of ether oxygens (including phenoxy) is 1. The molecular formula is C19H23NO3S. The second-order valence-electron chi connectivity index (χ2n) is 5.89. The first kappa shape index (κ1) is 18.2. The highest BCUT2D eigenvalue weighted by Crippen LogP contribution is 2.36. The largest absolute Gasteiger partial charge is 0.462 e. The van der Waals surface area contributed by atoms with Crippen LogP contribution < -0.4 is 5.32 Å². The highest BCUT2D eigenvalue weighted by atomic mass is 32.1. The van der Waals surface area contributed by atoms with Crippen molar-refractivity contribution in [2.75, 3.05) is 11.9 Å². The molecule has 0 aliphatic heterocycles. The van der Waals surface area contributed by atoms with Gasteiger partial charge in [-0.2, -0.15) is 0 Å². The van der Waals surface area contributed by atoms with Crippen LogP contribution >= 0.6 is 11.3 Å². The lowest BCUT2D eigenvalue weighted by atomic mass is 9.99. The maximum Gasteiger partial charge on any atom is 0.341 e. The topological polar surface area (TPSA) is 55.4 Å². The number of esters is 1. The number of carbonyl (C=O) groups excluding carboxylic acids is 2. The Morgan fingerprint density at radius 3 is 2.42 bits per heavy atom. The Hall–Kier alpha value is -2.14. The lowest BCUT2D eigenvalue weighted by Gasteiger charge is -2.09. The minimum Gasteiger partial charge on any atom is -0.462 e. The van der Waals surface area contributed by atoms with Gasteiger partial charge in [-0.05, 0) is 18.6 Å². The SMILES string of the molecule is CCOC(=O)c1cc(C(C)c2ccccc2)sc1NC(=O)C(C)C. The summed E-state index contributed by atoms with van der Waals surface area (Å²) in [7, 11) is 0. The molecule has 1 unspecified atom stereocenters. The Bertz CT molecular complexity index is 707. The molecule has 2 rings (SSSR count). The molecule has 0 aliphatic carbocycles. The lowest BCUT2D eigenvalue weighted by Crippen LogP contribution is -2.18. The van der Waals surface area contributed by atoms with Crippen LogP contribution in [0.25, 0.3) is 0 Å². The number of nitrogens with one attached hydrogen (secondary N) is 1. The predicted molar refractivity (Wildman–Crippen MR) is 97.7 cm³/mol. The molecule has 1 heterocycles. The van der Waals surface area contributed by atoms with Gasteiger partial charge in [0.2, 0.25) is 5.91 Å². The number of benzene rings is 1. The number of hydrogen-bond acceptors (Lipinski definition) is 4. The predicted octanol–water partition coefficient (Wildman–Crippen LogP) is 4.67. The van der Waals surface area contributed by atoms with E-state index >= 15 is 0 Å². The first-order valence-electron chi connectivity index (χ1n) is 8.10. The van der Waals surface area contributed by atoms with Crippen LogP contribution in [-0.4, -0.2) is 18.5 Å². The maximum absolute atomic E-state index is 12.2. The van der Waals surface area contributed by atoms with E-state index in [0.717, 1.165) is 10.4 Å². The first-order chi connectivity index (χ1) is 11.4. The Morgan fingerprint density at radius 1 is 1.17 bits per heavy atom. The molecule has 128 valence electrons. The van der Waals surface area contributed by atoms with Crippen LogP contribution in [-0.2, 0) is 9.53 Å². The monoisotopic (exact) mass is 345 g/mol. The quantitative estimate of drug-likeness (QED) is 0.774. The summed E-state index contributed by atoms with van der Waals surface area (Å²) in [6.45, 7) is 7.80. The minimum absolute atomic E-state index is 0.110. The van der Waals surface area contributed by atoms with Crippen LogP contribution in [0.5, 0.6) is 0 Å². The average Bonchev–Trinajstić information content (AvgIpc) is 2.99. The number of amides is 1. The number of anilines is 1. The van der Waals surface area contributed by atoms with Crippen molar-refractivity contribution in [1.82, 2.24) is 0 Å². The zero-order chi connectivity index (χ0) is 17.7. The van der Waals surface area contributed by atoms with Crippen molar-refractivity contribution in [1.29, 1.82) is 0 Å². The van der Waals surface area contributed by atoms with Gasteiger partial charge in [0.15, 0.2) is 0 Å². The summed E-state index contributed by atoms with van der Waals surface area (Å²) < 4.78 is 5.13. The standard InChI is InChI=1S/C19H23NO3S/c1-5-23-19(22)15-11-16(13(4)14-9-7-6-8-10-14)24-18(15)20-17(21)12(2)3/h6-13H,5H2,1-4H3,(H,20,21). The molecular weight excluding hydrogens is 322 g/mol. The Kier molecular flexibility index (Phi) is 6.15. The molecule has 0 bridgehead atoms. The van der Waals surface area contributed by atoms with Crippen molar-refractivity contribution in [3.8, 4) is 0 Å². The number of thiophene rings is 1. The molecule has 0 saturated carbocycles. The Morgan fingerprint density at radius 2 is 1.83 bits per heavy atom. The zero-order valence-corrected chi connectivity index (χ0v) is 15.3. The summed E-state index contributed by atoms with van der Waals surface area (Å²) in [5, 5.41) is 3.41. The molecule has 0 radical (unpaired) electrons. The smallest absolute Gasteiger partial charge is 0.341 e. The lowest BCUT2D eigenvalue weighted by molar-refractivity contribution is -0.118. The molecule has 0 saturated heterocycles. The molecule has 1 N–H and O–H groups in total. The van der Waals surface area contributed by atoms with Crippen molar-refractivity contribution in [2.45, 2.75) is 33.6 Å². The maximum atomic E-state index is 12.2. The normalized spacial score (nSPS) is 12.0. The van der Waals surface area contributed by atoms with Gasteiger partial charge < -0.3 is 10.1 Å². The summed E-state index contributed by atoms with van der Waals surface area (Å²) in [6, 6.07) is 11.9. The van der Waals surface area contributed by atoms with Gasteiger partial charge in [-0.3, -0.25) is 4.79 Å². The fraction of sp³-hybridized carbons (Fsp3) is 0.368. The third-order valence-corrected chi connectivity index (χ3v) is 4.97. The molecule has 1 aromatic heterocycles. The summed E-state index contributed by atoms with van der Waals surface area (Å²) in [5.74, 6) is -0.535. The summed E-state index contributed by atoms with van der Waals surface area (Å²) in [4.78, 5) is 25.3. The second kappa shape index (κ2) is 8.11. The number of carbonyl (C=O) groups is 2. The summed E-state index contributed by atoms with van der Waals surface area (Å²) >= 11 is 1.43. The molecule has 5 heteroatoms. The van der Waals surface area contributed by atoms with Gasteiger partial charge in [-0.15, -0.1) is 11.3 Å². The van der Waals surface area contributed by atoms with E-state index in [2.05, 4.69) is 24.4 Å². The van der Waals surface area contributed by atoms with Crippen molar-refractivity contribution >= 4 is 28.2 Å². The third kappa shape index (κ3) is 4.23. The van der Waals surface area contributed by atoms with E-state index in [-0.39, 0.29) is 17.7 Å². The summed E-state index contributed by atoms with van der Waals surface area (Å²) in [5.41, 5.74) is 1.59. The van der Waals surface area contributed by atoms with E-state index in [9.17, 15) is 9.59 Å². The highest BCUT2D eigenvalue weighted by molar-refractivity contribution is 7.16. The van der Waals surface area contributed by atoms with Crippen LogP contribution in [0.2, 0.25) is 0 Å². The number of rotatable bonds is 6. The molecule has 24 heavy (non-hydrogen) atoms. The van der Waals surface area contributed by atoms with E-state index < -0.39 is 5.97 Å². The van der Waals surface area contributed by atoms with Gasteiger partial charge in [0.1, 0.15) is 5.00 Å². The van der Waals surface area contributed by atoms with Crippen molar-refractivity contribution in [3.63, 3.8) is 0 Å². The number of hydrogen-bond donors (Lipinski definition) is 1. The van der Waals surface area contributed by atoms with Crippen LogP contribution in [0.1, 0.15) is 54.4 Å². The molecule has 1 atom stereocenters. The van der Waals surface area contributed by atoms with Crippen LogP contribution in [0.4, 0.5) is 5.00 Å². The molecule has 0 fully saturated rings. The molecule has 1 aromatic carbocycles. The van der Waals surface area contributed by atoms with Gasteiger partial charge >= 0.3 is 5.97 Å². The van der Waals surface area contributed by atoms with Crippen LogP contribution in [0, 0.1) is 5.92 Å². The first-order valence-corrected chi connectivity index (χ1v) is 8.92. The van der Waals surface area contributed by atoms with E-state index in [4.69, 9.17) is 4.74 Å². The zero-order valence-electron chi connectivity index (χ0n) is 14.5. The minimum atomic E-state index is -0.403. The van der Waals surface area contributed by atoms with Crippen molar-refractivity contribution < 1.29 is 14.3 Å². The third-order valence-electron chi connectivity index (χ3n) is 3.73. The Balaban J connectivity index is 2.36. The summed E-state index contributed by atoms with van der Waals surface area (Å²) in [6.07, 6.45) is 0. The van der Waals surface area contributed by atoms with Gasteiger partial charge in [0, 0.05) is 16.7 Å². The van der Waals surface area contributed by atoms with Gasteiger partial charge in [0.25, 0.3) is 0 Å². The highest BCUT2D eigenvalue weighted by Gasteiger charge is 2.22. The van der Waals surface area contributed by atoms with Gasteiger partial charge in [-0.25, -0.2) is 4.79 Å². The fourth-order valence-electron chi connectivity index (χ4n) is 2.24.